The van der Waals surface area contributed by atoms with Crippen molar-refractivity contribution < 1.29 is 23.9 Å². The van der Waals surface area contributed by atoms with Gasteiger partial charge < -0.3 is 20.1 Å². The van der Waals surface area contributed by atoms with Crippen molar-refractivity contribution in [3.8, 4) is 11.5 Å². The van der Waals surface area contributed by atoms with Gasteiger partial charge in [0, 0.05) is 47.0 Å². The minimum Gasteiger partial charge on any atom is -0.490 e. The number of Topliss-reactive ketones (excluding diaryl/α,β-unsaturated/α-hetero) is 2. The third kappa shape index (κ3) is 5.20. The van der Waals surface area contributed by atoms with E-state index in [0.29, 0.717) is 47.6 Å². The van der Waals surface area contributed by atoms with Gasteiger partial charge in [0.25, 0.3) is 5.91 Å². The van der Waals surface area contributed by atoms with Crippen LogP contribution in [-0.4, -0.2) is 30.7 Å². The standard InChI is InChI=1S/C30H31ClN2O5/c1-3-37-25-15-18(14-20(31)30(25)38-16-26(36)32-19-8-4-7-17(2)13-19)27-28-21(9-5-11-23(28)34)33-22-10-6-12-24(35)29(22)27/h4,7-8,13-15,27,33H,3,5-6,9-12,16H2,1-2H3,(H,32,36). The minimum absolute atomic E-state index is 0.0518. The van der Waals surface area contributed by atoms with Gasteiger partial charge in [0.1, 0.15) is 0 Å². The van der Waals surface area contributed by atoms with E-state index in [2.05, 4.69) is 10.6 Å². The van der Waals surface area contributed by atoms with E-state index in [9.17, 15) is 14.4 Å². The molecule has 0 fully saturated rings. The smallest absolute Gasteiger partial charge is 0.262 e. The van der Waals surface area contributed by atoms with Crippen LogP contribution in [-0.2, 0) is 14.4 Å². The van der Waals surface area contributed by atoms with Crippen molar-refractivity contribution in [1.82, 2.24) is 5.32 Å². The van der Waals surface area contributed by atoms with Crippen LogP contribution in [0.5, 0.6) is 11.5 Å². The van der Waals surface area contributed by atoms with Crippen molar-refractivity contribution >= 4 is 34.8 Å². The predicted octanol–water partition coefficient (Wildman–Crippen LogP) is 5.77. The predicted molar refractivity (Wildman–Crippen MR) is 146 cm³/mol. The summed E-state index contributed by atoms with van der Waals surface area (Å²) < 4.78 is 11.7. The molecule has 2 N–H and O–H groups in total. The van der Waals surface area contributed by atoms with E-state index < -0.39 is 5.92 Å². The lowest BCUT2D eigenvalue weighted by Gasteiger charge is -2.37. The molecule has 0 radical (unpaired) electrons. The molecule has 0 aromatic heterocycles. The molecule has 3 aliphatic rings. The summed E-state index contributed by atoms with van der Waals surface area (Å²) in [7, 11) is 0. The number of halogens is 1. The first-order valence-electron chi connectivity index (χ1n) is 13.1. The summed E-state index contributed by atoms with van der Waals surface area (Å²) in [5, 5.41) is 6.49. The number of benzene rings is 2. The van der Waals surface area contributed by atoms with Crippen molar-refractivity contribution in [3.05, 3.63) is 75.1 Å². The Morgan fingerprint density at radius 3 is 2.32 bits per heavy atom. The lowest BCUT2D eigenvalue weighted by Crippen LogP contribution is -2.36. The number of carbonyl (C=O) groups is 3. The molecule has 0 atom stereocenters. The third-order valence-corrected chi connectivity index (χ3v) is 7.39. The topological polar surface area (TPSA) is 93.7 Å². The summed E-state index contributed by atoms with van der Waals surface area (Å²) in [6, 6.07) is 11.0. The number of ketones is 2. The van der Waals surface area contributed by atoms with Gasteiger partial charge >= 0.3 is 0 Å². The number of nitrogens with one attached hydrogen (secondary N) is 2. The highest BCUT2D eigenvalue weighted by Gasteiger charge is 2.40. The number of rotatable bonds is 7. The highest BCUT2D eigenvalue weighted by Crippen LogP contribution is 2.48. The molecule has 7 nitrogen and oxygen atoms in total. The number of aryl methyl sites for hydroxylation is 1. The maximum atomic E-state index is 13.1. The number of anilines is 1. The number of allylic oxidation sites excluding steroid dienone is 4. The number of hydrogen-bond donors (Lipinski definition) is 2. The van der Waals surface area contributed by atoms with Gasteiger partial charge in [-0.25, -0.2) is 0 Å². The minimum atomic E-state index is -0.503. The molecular weight excluding hydrogens is 504 g/mol. The van der Waals surface area contributed by atoms with Gasteiger partial charge in [-0.1, -0.05) is 23.7 Å². The zero-order chi connectivity index (χ0) is 26.8. The first-order chi connectivity index (χ1) is 18.4. The van der Waals surface area contributed by atoms with E-state index in [0.717, 1.165) is 42.6 Å². The van der Waals surface area contributed by atoms with Crippen molar-refractivity contribution in [1.29, 1.82) is 0 Å². The normalized spacial score (nSPS) is 17.6. The molecule has 5 rings (SSSR count). The van der Waals surface area contributed by atoms with Gasteiger partial charge in [-0.15, -0.1) is 0 Å². The Kier molecular flexibility index (Phi) is 7.56. The van der Waals surface area contributed by atoms with Crippen molar-refractivity contribution in [3.63, 3.8) is 0 Å². The van der Waals surface area contributed by atoms with Gasteiger partial charge in [0.2, 0.25) is 0 Å². The Hall–Kier alpha value is -3.58. The van der Waals surface area contributed by atoms with Gasteiger partial charge in [-0.2, -0.15) is 0 Å². The quantitative estimate of drug-likeness (QED) is 0.468. The van der Waals surface area contributed by atoms with Crippen LogP contribution < -0.4 is 20.1 Å². The molecule has 0 bridgehead atoms. The van der Waals surface area contributed by atoms with Crippen LogP contribution in [0.1, 0.15) is 62.5 Å². The summed E-state index contributed by atoms with van der Waals surface area (Å²) >= 11 is 6.72. The summed E-state index contributed by atoms with van der Waals surface area (Å²) in [6.07, 6.45) is 4.03. The fraction of sp³-hybridized carbons (Fsp3) is 0.367. The van der Waals surface area contributed by atoms with Gasteiger partial charge in [0.15, 0.2) is 29.7 Å². The molecule has 0 spiro atoms. The second kappa shape index (κ2) is 11.0. The molecule has 2 aromatic rings. The summed E-state index contributed by atoms with van der Waals surface area (Å²) in [5.41, 5.74) is 5.53. The number of ether oxygens (including phenoxy) is 2. The lowest BCUT2D eigenvalue weighted by molar-refractivity contribution is -0.118. The Labute approximate surface area is 227 Å². The number of carbonyl (C=O) groups excluding carboxylic acids is 3. The maximum absolute atomic E-state index is 13.1. The molecule has 0 unspecified atom stereocenters. The molecule has 8 heteroatoms. The van der Waals surface area contributed by atoms with Gasteiger partial charge in [0.05, 0.1) is 11.6 Å². The molecule has 1 amide bonds. The highest BCUT2D eigenvalue weighted by atomic mass is 35.5. The Balaban J connectivity index is 1.47. The van der Waals surface area contributed by atoms with E-state index in [1.165, 1.54) is 0 Å². The second-order valence-corrected chi connectivity index (χ2v) is 10.3. The van der Waals surface area contributed by atoms with Crippen LogP contribution in [0.3, 0.4) is 0 Å². The van der Waals surface area contributed by atoms with E-state index in [4.69, 9.17) is 21.1 Å². The average molecular weight is 535 g/mol. The highest BCUT2D eigenvalue weighted by molar-refractivity contribution is 6.32. The van der Waals surface area contributed by atoms with Crippen LogP contribution in [0.2, 0.25) is 5.02 Å². The third-order valence-electron chi connectivity index (χ3n) is 7.11. The van der Waals surface area contributed by atoms with Crippen molar-refractivity contribution in [2.45, 2.75) is 58.3 Å². The molecule has 0 saturated carbocycles. The molecule has 2 aliphatic carbocycles. The Morgan fingerprint density at radius 1 is 1.00 bits per heavy atom. The van der Waals surface area contributed by atoms with Gasteiger partial charge in [-0.05, 0) is 74.9 Å². The molecule has 1 heterocycles. The monoisotopic (exact) mass is 534 g/mol. The SMILES string of the molecule is CCOc1cc(C2C3=C(CCCC3=O)NC3=C2C(=O)CCC3)cc(Cl)c1OCC(=O)Nc1cccc(C)c1. The Morgan fingerprint density at radius 2 is 1.68 bits per heavy atom. The van der Waals surface area contributed by atoms with Crippen LogP contribution >= 0.6 is 11.6 Å². The fourth-order valence-corrected chi connectivity index (χ4v) is 5.81. The van der Waals surface area contributed by atoms with Gasteiger partial charge in [-0.3, -0.25) is 14.4 Å². The Bertz CT molecular complexity index is 1330. The van der Waals surface area contributed by atoms with Crippen LogP contribution in [0.25, 0.3) is 0 Å². The second-order valence-electron chi connectivity index (χ2n) is 9.87. The molecule has 1 aliphatic heterocycles. The van der Waals surface area contributed by atoms with Crippen LogP contribution in [0.15, 0.2) is 58.9 Å². The summed E-state index contributed by atoms with van der Waals surface area (Å²) in [6.45, 7) is 3.87. The molecular formula is C30H31ClN2O5. The number of hydrogen-bond acceptors (Lipinski definition) is 6. The lowest BCUT2D eigenvalue weighted by atomic mass is 9.71. The molecule has 0 saturated heterocycles. The molecule has 38 heavy (non-hydrogen) atoms. The molecule has 198 valence electrons. The maximum Gasteiger partial charge on any atom is 0.262 e. The first kappa shape index (κ1) is 26.0. The van der Waals surface area contributed by atoms with Crippen LogP contribution in [0.4, 0.5) is 5.69 Å². The van der Waals surface area contributed by atoms with E-state index in [-0.39, 0.29) is 34.9 Å². The number of dihydropyridines is 1. The van der Waals surface area contributed by atoms with Crippen molar-refractivity contribution in [2.24, 2.45) is 0 Å². The summed E-state index contributed by atoms with van der Waals surface area (Å²) in [4.78, 5) is 38.8. The summed E-state index contributed by atoms with van der Waals surface area (Å²) in [5.74, 6) is -0.113. The molecule has 2 aromatic carbocycles. The zero-order valence-corrected chi connectivity index (χ0v) is 22.4. The first-order valence-corrected chi connectivity index (χ1v) is 13.5. The van der Waals surface area contributed by atoms with E-state index in [1.807, 2.05) is 38.1 Å². The zero-order valence-electron chi connectivity index (χ0n) is 21.6. The largest absolute Gasteiger partial charge is 0.490 e. The van der Waals surface area contributed by atoms with Crippen molar-refractivity contribution in [2.75, 3.05) is 18.5 Å². The van der Waals surface area contributed by atoms with E-state index >= 15 is 0 Å². The fourth-order valence-electron chi connectivity index (χ4n) is 5.53. The van der Waals surface area contributed by atoms with Crippen LogP contribution in [0, 0.1) is 6.92 Å². The number of amides is 1. The van der Waals surface area contributed by atoms with E-state index in [1.54, 1.807) is 12.1 Å². The average Bonchev–Trinajstić information content (AvgIpc) is 2.87.